The molecule has 2 aliphatic rings. The third-order valence-corrected chi connectivity index (χ3v) is 5.13. The minimum absolute atomic E-state index is 0.0918. The Morgan fingerprint density at radius 2 is 1.96 bits per heavy atom. The average molecular weight is 346 g/mol. The molecule has 0 bridgehead atoms. The minimum atomic E-state index is -0.256. The summed E-state index contributed by atoms with van der Waals surface area (Å²) in [6.45, 7) is 5.79. The van der Waals surface area contributed by atoms with Gasteiger partial charge in [-0.1, -0.05) is 0 Å². The van der Waals surface area contributed by atoms with Crippen LogP contribution in [0.5, 0.6) is 5.75 Å². The van der Waals surface area contributed by atoms with E-state index in [4.69, 9.17) is 0 Å². The lowest BCUT2D eigenvalue weighted by Gasteiger charge is -2.38. The van der Waals surface area contributed by atoms with Gasteiger partial charge in [0.15, 0.2) is 5.69 Å². The monoisotopic (exact) mass is 346 g/mol. The third-order valence-electron chi connectivity index (χ3n) is 5.13. The molecule has 0 unspecified atom stereocenters. The van der Waals surface area contributed by atoms with Gasteiger partial charge in [-0.3, -0.25) is 14.5 Å². The maximum Gasteiger partial charge on any atom is 0.276 e. The number of carbonyl (C=O) groups is 2. The Hall–Kier alpha value is -2.15. The zero-order chi connectivity index (χ0) is 17.8. The standard InChI is InChI=1S/C18H26N4O3/c1-14-5-2-3-8-22(14)16(24)13-20-9-11-21(12-10-20)18(25)17-15(23)6-4-7-19-17/h4,6-7,14,23H,2-3,5,8-13H2,1H3/t14-/m1/s1. The van der Waals surface area contributed by atoms with Crippen molar-refractivity contribution < 1.29 is 14.7 Å². The molecule has 25 heavy (non-hydrogen) atoms. The van der Waals surface area contributed by atoms with Gasteiger partial charge >= 0.3 is 0 Å². The fourth-order valence-electron chi connectivity index (χ4n) is 3.57. The molecule has 0 aliphatic carbocycles. The summed E-state index contributed by atoms with van der Waals surface area (Å²) >= 11 is 0. The number of amides is 2. The van der Waals surface area contributed by atoms with Crippen molar-refractivity contribution in [1.29, 1.82) is 0 Å². The van der Waals surface area contributed by atoms with Gasteiger partial charge < -0.3 is 14.9 Å². The molecule has 7 nitrogen and oxygen atoms in total. The predicted molar refractivity (Wildman–Crippen MR) is 93.3 cm³/mol. The molecule has 1 aromatic rings. The number of aromatic nitrogens is 1. The van der Waals surface area contributed by atoms with Gasteiger partial charge in [-0.05, 0) is 38.3 Å². The van der Waals surface area contributed by atoms with Crippen molar-refractivity contribution in [3.63, 3.8) is 0 Å². The van der Waals surface area contributed by atoms with Crippen LogP contribution in [0, 0.1) is 0 Å². The fraction of sp³-hybridized carbons (Fsp3) is 0.611. The van der Waals surface area contributed by atoms with Gasteiger partial charge in [-0.2, -0.15) is 0 Å². The maximum atomic E-state index is 12.5. The van der Waals surface area contributed by atoms with Crippen LogP contribution in [0.25, 0.3) is 0 Å². The largest absolute Gasteiger partial charge is 0.505 e. The number of likely N-dealkylation sites (tertiary alicyclic amines) is 1. The van der Waals surface area contributed by atoms with Crippen LogP contribution in [0.3, 0.4) is 0 Å². The first kappa shape index (κ1) is 17.7. The van der Waals surface area contributed by atoms with E-state index in [-0.39, 0.29) is 23.3 Å². The summed E-state index contributed by atoms with van der Waals surface area (Å²) in [5.41, 5.74) is 0.0918. The van der Waals surface area contributed by atoms with Crippen molar-refractivity contribution >= 4 is 11.8 Å². The van der Waals surface area contributed by atoms with Crippen molar-refractivity contribution in [2.75, 3.05) is 39.3 Å². The van der Waals surface area contributed by atoms with Crippen LogP contribution in [0.15, 0.2) is 18.3 Å². The minimum Gasteiger partial charge on any atom is -0.505 e. The smallest absolute Gasteiger partial charge is 0.276 e. The number of piperidine rings is 1. The van der Waals surface area contributed by atoms with Gasteiger partial charge in [0.05, 0.1) is 6.54 Å². The molecule has 0 saturated carbocycles. The molecule has 2 fully saturated rings. The Balaban J connectivity index is 1.51. The molecule has 0 aromatic carbocycles. The van der Waals surface area contributed by atoms with E-state index in [1.807, 2.05) is 4.90 Å². The van der Waals surface area contributed by atoms with Crippen LogP contribution < -0.4 is 0 Å². The molecule has 0 radical (unpaired) electrons. The van der Waals surface area contributed by atoms with Crippen molar-refractivity contribution in [2.24, 2.45) is 0 Å². The van der Waals surface area contributed by atoms with Gasteiger partial charge in [-0.25, -0.2) is 4.98 Å². The van der Waals surface area contributed by atoms with E-state index in [1.54, 1.807) is 11.0 Å². The van der Waals surface area contributed by atoms with Crippen LogP contribution in [-0.2, 0) is 4.79 Å². The zero-order valence-electron chi connectivity index (χ0n) is 14.7. The Labute approximate surface area is 148 Å². The average Bonchev–Trinajstić information content (AvgIpc) is 2.62. The second kappa shape index (κ2) is 7.82. The van der Waals surface area contributed by atoms with E-state index in [0.29, 0.717) is 38.8 Å². The number of rotatable bonds is 3. The Morgan fingerprint density at radius 3 is 2.64 bits per heavy atom. The second-order valence-corrected chi connectivity index (χ2v) is 6.87. The van der Waals surface area contributed by atoms with Gasteiger partial charge in [0.2, 0.25) is 5.91 Å². The zero-order valence-corrected chi connectivity index (χ0v) is 14.7. The van der Waals surface area contributed by atoms with Crippen LogP contribution in [0.4, 0.5) is 0 Å². The molecule has 2 amide bonds. The molecule has 2 aliphatic heterocycles. The van der Waals surface area contributed by atoms with E-state index < -0.39 is 0 Å². The summed E-state index contributed by atoms with van der Waals surface area (Å²) in [5.74, 6) is -0.160. The highest BCUT2D eigenvalue weighted by Gasteiger charge is 2.28. The summed E-state index contributed by atoms with van der Waals surface area (Å²) in [5, 5.41) is 9.78. The molecule has 1 atom stereocenters. The molecule has 0 spiro atoms. The van der Waals surface area contributed by atoms with Crippen molar-refractivity contribution in [2.45, 2.75) is 32.2 Å². The first-order valence-corrected chi connectivity index (χ1v) is 9.01. The molecular weight excluding hydrogens is 320 g/mol. The highest BCUT2D eigenvalue weighted by Crippen LogP contribution is 2.18. The first-order valence-electron chi connectivity index (χ1n) is 9.01. The fourth-order valence-corrected chi connectivity index (χ4v) is 3.57. The van der Waals surface area contributed by atoms with Crippen LogP contribution in [-0.4, -0.2) is 81.9 Å². The first-order chi connectivity index (χ1) is 12.1. The summed E-state index contributed by atoms with van der Waals surface area (Å²) in [7, 11) is 0. The van der Waals surface area contributed by atoms with Crippen molar-refractivity contribution in [3.05, 3.63) is 24.0 Å². The van der Waals surface area contributed by atoms with E-state index >= 15 is 0 Å². The van der Waals surface area contributed by atoms with Crippen LogP contribution >= 0.6 is 0 Å². The summed E-state index contributed by atoms with van der Waals surface area (Å²) in [6, 6.07) is 3.39. The van der Waals surface area contributed by atoms with Gasteiger partial charge in [-0.15, -0.1) is 0 Å². The van der Waals surface area contributed by atoms with Crippen LogP contribution in [0.1, 0.15) is 36.7 Å². The molecular formula is C18H26N4O3. The number of pyridine rings is 1. The van der Waals surface area contributed by atoms with Crippen molar-refractivity contribution in [3.8, 4) is 5.75 Å². The molecule has 3 rings (SSSR count). The topological polar surface area (TPSA) is 77.0 Å². The van der Waals surface area contributed by atoms with Crippen molar-refractivity contribution in [1.82, 2.24) is 19.7 Å². The van der Waals surface area contributed by atoms with Gasteiger partial charge in [0.25, 0.3) is 5.91 Å². The highest BCUT2D eigenvalue weighted by molar-refractivity contribution is 5.94. The Bertz CT molecular complexity index is 629. The molecule has 7 heteroatoms. The summed E-state index contributed by atoms with van der Waals surface area (Å²) in [6.07, 6.45) is 4.88. The second-order valence-electron chi connectivity index (χ2n) is 6.87. The highest BCUT2D eigenvalue weighted by atomic mass is 16.3. The Kier molecular flexibility index (Phi) is 5.53. The molecule has 3 heterocycles. The molecule has 1 N–H and O–H groups in total. The number of carbonyl (C=O) groups excluding carboxylic acids is 2. The molecule has 2 saturated heterocycles. The van der Waals surface area contributed by atoms with E-state index in [0.717, 1.165) is 19.4 Å². The normalized spacial score (nSPS) is 22.0. The lowest BCUT2D eigenvalue weighted by Crippen LogP contribution is -2.53. The number of aromatic hydroxyl groups is 1. The number of hydrogen-bond acceptors (Lipinski definition) is 5. The predicted octanol–water partition coefficient (Wildman–Crippen LogP) is 0.946. The quantitative estimate of drug-likeness (QED) is 0.882. The number of nitrogens with zero attached hydrogens (tertiary/aromatic N) is 4. The lowest BCUT2D eigenvalue weighted by atomic mass is 10.0. The van der Waals surface area contributed by atoms with Gasteiger partial charge in [0.1, 0.15) is 5.75 Å². The lowest BCUT2D eigenvalue weighted by molar-refractivity contribution is -0.136. The SMILES string of the molecule is C[C@@H]1CCCCN1C(=O)CN1CCN(C(=O)c2ncccc2O)CC1. The summed E-state index contributed by atoms with van der Waals surface area (Å²) in [4.78, 5) is 34.7. The summed E-state index contributed by atoms with van der Waals surface area (Å²) < 4.78 is 0. The van der Waals surface area contributed by atoms with E-state index in [2.05, 4.69) is 16.8 Å². The third kappa shape index (κ3) is 4.10. The van der Waals surface area contributed by atoms with E-state index in [1.165, 1.54) is 18.7 Å². The number of hydrogen-bond donors (Lipinski definition) is 1. The van der Waals surface area contributed by atoms with Gasteiger partial charge in [0, 0.05) is 45.0 Å². The Morgan fingerprint density at radius 1 is 1.20 bits per heavy atom. The van der Waals surface area contributed by atoms with E-state index in [9.17, 15) is 14.7 Å². The van der Waals surface area contributed by atoms with Crippen LogP contribution in [0.2, 0.25) is 0 Å². The number of piperazine rings is 1. The maximum absolute atomic E-state index is 12.5. The molecule has 136 valence electrons. The molecule has 1 aromatic heterocycles.